The van der Waals surface area contributed by atoms with Gasteiger partial charge in [-0.1, -0.05) is 0 Å². The maximum atomic E-state index is 5.58. The van der Waals surface area contributed by atoms with Gasteiger partial charge in [-0.15, -0.1) is 0 Å². The molecule has 0 unspecified atom stereocenters. The minimum atomic E-state index is 0.743. The van der Waals surface area contributed by atoms with Crippen molar-refractivity contribution in [1.29, 1.82) is 0 Å². The molecule has 1 aliphatic rings. The molecule has 1 N–H and O–H groups in total. The number of ether oxygens (including phenoxy) is 1. The lowest BCUT2D eigenvalue weighted by Gasteiger charge is -2.15. The lowest BCUT2D eigenvalue weighted by Crippen LogP contribution is -2.22. The molecule has 1 aliphatic carbocycles. The summed E-state index contributed by atoms with van der Waals surface area (Å²) in [5, 5.41) is 3.53. The molecule has 0 aliphatic heterocycles. The summed E-state index contributed by atoms with van der Waals surface area (Å²) in [5.74, 6) is 1.09. The highest BCUT2D eigenvalue weighted by atomic mass is 16.5. The number of rotatable bonds is 9. The second kappa shape index (κ2) is 6.92. The van der Waals surface area contributed by atoms with Crippen LogP contribution in [0.25, 0.3) is 0 Å². The van der Waals surface area contributed by atoms with Gasteiger partial charge in [0.15, 0.2) is 0 Å². The zero-order valence-corrected chi connectivity index (χ0v) is 11.4. The van der Waals surface area contributed by atoms with E-state index in [1.54, 1.807) is 13.4 Å². The first-order chi connectivity index (χ1) is 8.79. The van der Waals surface area contributed by atoms with Gasteiger partial charge in [0, 0.05) is 38.4 Å². The summed E-state index contributed by atoms with van der Waals surface area (Å²) in [7, 11) is 3.87. The molecule has 1 fully saturated rings. The Bertz CT molecular complexity index is 347. The van der Waals surface area contributed by atoms with Crippen molar-refractivity contribution < 1.29 is 9.15 Å². The predicted molar refractivity (Wildman–Crippen MR) is 71.4 cm³/mol. The maximum absolute atomic E-state index is 5.58. The van der Waals surface area contributed by atoms with Gasteiger partial charge in [-0.3, -0.25) is 4.90 Å². The van der Waals surface area contributed by atoms with Crippen molar-refractivity contribution in [2.24, 2.45) is 0 Å². The van der Waals surface area contributed by atoms with Gasteiger partial charge in [0.05, 0.1) is 12.8 Å². The summed E-state index contributed by atoms with van der Waals surface area (Å²) in [6.07, 6.45) is 5.50. The molecule has 0 bridgehead atoms. The van der Waals surface area contributed by atoms with Crippen LogP contribution in [0.1, 0.15) is 30.6 Å². The average molecular weight is 252 g/mol. The predicted octanol–water partition coefficient (Wildman–Crippen LogP) is 2.00. The van der Waals surface area contributed by atoms with Crippen molar-refractivity contribution in [2.45, 2.75) is 38.4 Å². The van der Waals surface area contributed by atoms with E-state index in [-0.39, 0.29) is 0 Å². The smallest absolute Gasteiger partial charge is 0.122 e. The molecule has 0 saturated heterocycles. The molecule has 102 valence electrons. The molecular formula is C14H24N2O2. The van der Waals surface area contributed by atoms with Gasteiger partial charge in [-0.2, -0.15) is 0 Å². The van der Waals surface area contributed by atoms with E-state index in [1.807, 2.05) is 0 Å². The molecule has 0 spiro atoms. The van der Waals surface area contributed by atoms with E-state index in [0.717, 1.165) is 44.5 Å². The molecule has 4 nitrogen and oxygen atoms in total. The van der Waals surface area contributed by atoms with Gasteiger partial charge < -0.3 is 14.5 Å². The van der Waals surface area contributed by atoms with Crippen molar-refractivity contribution in [3.8, 4) is 0 Å². The number of methoxy groups -OCH3 is 1. The van der Waals surface area contributed by atoms with Crippen LogP contribution in [0.2, 0.25) is 0 Å². The maximum Gasteiger partial charge on any atom is 0.122 e. The molecule has 1 saturated carbocycles. The Morgan fingerprint density at radius 2 is 2.33 bits per heavy atom. The summed E-state index contributed by atoms with van der Waals surface area (Å²) in [4.78, 5) is 2.28. The largest absolute Gasteiger partial charge is 0.468 e. The van der Waals surface area contributed by atoms with Crippen molar-refractivity contribution in [3.63, 3.8) is 0 Å². The second-order valence-corrected chi connectivity index (χ2v) is 5.11. The van der Waals surface area contributed by atoms with Crippen LogP contribution in [0.15, 0.2) is 16.7 Å². The fourth-order valence-electron chi connectivity index (χ4n) is 2.01. The monoisotopic (exact) mass is 252 g/mol. The van der Waals surface area contributed by atoms with Crippen molar-refractivity contribution in [1.82, 2.24) is 10.2 Å². The lowest BCUT2D eigenvalue weighted by molar-refractivity contribution is 0.175. The minimum Gasteiger partial charge on any atom is -0.468 e. The van der Waals surface area contributed by atoms with Crippen LogP contribution in [0.5, 0.6) is 0 Å². The SMILES string of the molecule is COCCCN(C)Cc1occc1CNC1CC1. The van der Waals surface area contributed by atoms with E-state index < -0.39 is 0 Å². The molecule has 0 aromatic carbocycles. The third-order valence-electron chi connectivity index (χ3n) is 3.30. The Balaban J connectivity index is 1.74. The van der Waals surface area contributed by atoms with Gasteiger partial charge >= 0.3 is 0 Å². The van der Waals surface area contributed by atoms with E-state index >= 15 is 0 Å². The summed E-state index contributed by atoms with van der Waals surface area (Å²) in [6.45, 7) is 3.66. The third-order valence-corrected chi connectivity index (χ3v) is 3.30. The van der Waals surface area contributed by atoms with E-state index in [4.69, 9.17) is 9.15 Å². The third kappa shape index (κ3) is 4.44. The van der Waals surface area contributed by atoms with E-state index in [9.17, 15) is 0 Å². The highest BCUT2D eigenvalue weighted by Gasteiger charge is 2.21. The Hall–Kier alpha value is -0.840. The van der Waals surface area contributed by atoms with Gasteiger partial charge in [-0.05, 0) is 32.4 Å². The molecule has 1 aromatic rings. The van der Waals surface area contributed by atoms with Crippen molar-refractivity contribution in [3.05, 3.63) is 23.7 Å². The number of furan rings is 1. The molecule has 4 heteroatoms. The normalized spacial score (nSPS) is 15.5. The first-order valence-electron chi connectivity index (χ1n) is 6.75. The van der Waals surface area contributed by atoms with Gasteiger partial charge in [-0.25, -0.2) is 0 Å². The van der Waals surface area contributed by atoms with Crippen LogP contribution in [-0.2, 0) is 17.8 Å². The van der Waals surface area contributed by atoms with Gasteiger partial charge in [0.2, 0.25) is 0 Å². The molecule has 0 amide bonds. The van der Waals surface area contributed by atoms with Crippen LogP contribution in [0.4, 0.5) is 0 Å². The summed E-state index contributed by atoms with van der Waals surface area (Å²) in [6, 6.07) is 2.82. The van der Waals surface area contributed by atoms with Crippen LogP contribution in [0.3, 0.4) is 0 Å². The fraction of sp³-hybridized carbons (Fsp3) is 0.714. The summed E-state index contributed by atoms with van der Waals surface area (Å²) < 4.78 is 10.6. The van der Waals surface area contributed by atoms with Crippen LogP contribution >= 0.6 is 0 Å². The Kier molecular flexibility index (Phi) is 5.23. The Morgan fingerprint density at radius 1 is 1.50 bits per heavy atom. The highest BCUT2D eigenvalue weighted by molar-refractivity contribution is 5.17. The number of nitrogens with zero attached hydrogens (tertiary/aromatic N) is 1. The van der Waals surface area contributed by atoms with Gasteiger partial charge in [0.25, 0.3) is 0 Å². The molecule has 0 atom stereocenters. The van der Waals surface area contributed by atoms with E-state index in [0.29, 0.717) is 0 Å². The fourth-order valence-corrected chi connectivity index (χ4v) is 2.01. The zero-order chi connectivity index (χ0) is 12.8. The first-order valence-corrected chi connectivity index (χ1v) is 6.75. The van der Waals surface area contributed by atoms with Crippen LogP contribution < -0.4 is 5.32 Å². The molecule has 0 radical (unpaired) electrons. The zero-order valence-electron chi connectivity index (χ0n) is 11.4. The number of hydrogen-bond acceptors (Lipinski definition) is 4. The molecule has 1 heterocycles. The van der Waals surface area contributed by atoms with Gasteiger partial charge in [0.1, 0.15) is 5.76 Å². The molecule has 18 heavy (non-hydrogen) atoms. The summed E-state index contributed by atoms with van der Waals surface area (Å²) in [5.41, 5.74) is 1.29. The minimum absolute atomic E-state index is 0.743. The first kappa shape index (κ1) is 13.6. The Labute approximate surface area is 109 Å². The van der Waals surface area contributed by atoms with E-state index in [2.05, 4.69) is 23.3 Å². The molecule has 1 aromatic heterocycles. The lowest BCUT2D eigenvalue weighted by atomic mass is 10.2. The second-order valence-electron chi connectivity index (χ2n) is 5.11. The average Bonchev–Trinajstić information content (AvgIpc) is 3.08. The molecule has 2 rings (SSSR count). The van der Waals surface area contributed by atoms with Crippen LogP contribution in [-0.4, -0.2) is 38.3 Å². The van der Waals surface area contributed by atoms with E-state index in [1.165, 1.54) is 18.4 Å². The summed E-state index contributed by atoms with van der Waals surface area (Å²) >= 11 is 0. The van der Waals surface area contributed by atoms with Crippen molar-refractivity contribution >= 4 is 0 Å². The quantitative estimate of drug-likeness (QED) is 0.682. The topological polar surface area (TPSA) is 37.6 Å². The number of nitrogens with one attached hydrogen (secondary N) is 1. The highest BCUT2D eigenvalue weighted by Crippen LogP contribution is 2.20. The standard InChI is InChI=1S/C14H24N2O2/c1-16(7-3-8-17-2)11-14-12(6-9-18-14)10-15-13-4-5-13/h6,9,13,15H,3-5,7-8,10-11H2,1-2H3. The Morgan fingerprint density at radius 3 is 3.06 bits per heavy atom. The van der Waals surface area contributed by atoms with Crippen molar-refractivity contribution in [2.75, 3.05) is 27.3 Å². The number of hydrogen-bond donors (Lipinski definition) is 1. The van der Waals surface area contributed by atoms with Crippen LogP contribution in [0, 0.1) is 0 Å². The molecular weight excluding hydrogens is 228 g/mol.